The number of fused-ring (bicyclic) bond motifs is 1. The van der Waals surface area contributed by atoms with E-state index in [1.807, 2.05) is 23.1 Å². The number of H-pyrrole nitrogens is 1. The maximum atomic E-state index is 13.6. The van der Waals surface area contributed by atoms with Gasteiger partial charge in [-0.05, 0) is 54.3 Å². The van der Waals surface area contributed by atoms with Crippen molar-refractivity contribution in [2.75, 3.05) is 0 Å². The molecular weight excluding hydrogens is 438 g/mol. The van der Waals surface area contributed by atoms with Crippen LogP contribution in [0.4, 0.5) is 0 Å². The fourth-order valence-electron chi connectivity index (χ4n) is 5.60. The van der Waals surface area contributed by atoms with Crippen molar-refractivity contribution >= 4 is 22.6 Å². The Morgan fingerprint density at radius 3 is 2.71 bits per heavy atom. The molecule has 6 rings (SSSR count). The van der Waals surface area contributed by atoms with Gasteiger partial charge in [-0.15, -0.1) is 10.2 Å². The molecule has 1 amide bonds. The van der Waals surface area contributed by atoms with Crippen molar-refractivity contribution < 1.29 is 4.79 Å². The van der Waals surface area contributed by atoms with Crippen LogP contribution in [-0.4, -0.2) is 47.4 Å². The lowest BCUT2D eigenvalue weighted by Gasteiger charge is -2.23. The van der Waals surface area contributed by atoms with Crippen LogP contribution in [0.25, 0.3) is 28.0 Å². The fraction of sp³-hybridized carbons (Fsp3) is 0.370. The molecule has 2 aromatic carbocycles. The highest BCUT2D eigenvalue weighted by molar-refractivity contribution is 6.08. The Balaban J connectivity index is 1.38. The lowest BCUT2D eigenvalue weighted by molar-refractivity contribution is -0.131. The van der Waals surface area contributed by atoms with E-state index in [0.29, 0.717) is 12.4 Å². The Bertz CT molecular complexity index is 1400. The van der Waals surface area contributed by atoms with Crippen molar-refractivity contribution in [3.8, 4) is 17.1 Å². The summed E-state index contributed by atoms with van der Waals surface area (Å²) in [4.78, 5) is 20.7. The second-order valence-electron chi connectivity index (χ2n) is 9.55. The summed E-state index contributed by atoms with van der Waals surface area (Å²) < 4.78 is 2.15. The molecule has 0 unspecified atom stereocenters. The molecule has 1 aliphatic heterocycles. The molecule has 178 valence electrons. The molecule has 1 N–H and O–H groups in total. The summed E-state index contributed by atoms with van der Waals surface area (Å²) in [5, 5.41) is 15.8. The maximum absolute atomic E-state index is 13.6. The number of aliphatic imine (C=N–C) groups is 1. The first-order valence-corrected chi connectivity index (χ1v) is 12.5. The molecule has 8 heteroatoms. The molecule has 2 aliphatic rings. The van der Waals surface area contributed by atoms with Crippen molar-refractivity contribution in [3.63, 3.8) is 0 Å². The molecule has 0 radical (unpaired) electrons. The number of carbonyl (C=O) groups is 1. The number of hydrogen-bond acceptors (Lipinski definition) is 5. The highest BCUT2D eigenvalue weighted by atomic mass is 16.2. The zero-order chi connectivity index (χ0) is 23.8. The minimum absolute atomic E-state index is 0.194. The Labute approximate surface area is 204 Å². The Morgan fingerprint density at radius 1 is 1.06 bits per heavy atom. The molecule has 1 aliphatic carbocycles. The third-order valence-electron chi connectivity index (χ3n) is 7.38. The number of rotatable bonds is 7. The SMILES string of the molecule is CCCCC1=NC2(CCCC2)C(=O)N1Cc1cccc2c1ccn2-c1ccccc1-c1nn[nH]n1. The molecule has 0 atom stereocenters. The number of amidine groups is 1. The van der Waals surface area contributed by atoms with Crippen LogP contribution in [-0.2, 0) is 11.3 Å². The minimum atomic E-state index is -0.508. The number of tetrazole rings is 1. The Kier molecular flexibility index (Phi) is 5.43. The predicted molar refractivity (Wildman–Crippen MR) is 135 cm³/mol. The van der Waals surface area contributed by atoms with Crippen LogP contribution in [0.3, 0.4) is 0 Å². The molecule has 1 saturated carbocycles. The maximum Gasteiger partial charge on any atom is 0.256 e. The molecule has 8 nitrogen and oxygen atoms in total. The first kappa shape index (κ1) is 21.7. The number of amides is 1. The van der Waals surface area contributed by atoms with Crippen LogP contribution in [0.2, 0.25) is 0 Å². The predicted octanol–water partition coefficient (Wildman–Crippen LogP) is 5.05. The molecule has 35 heavy (non-hydrogen) atoms. The van der Waals surface area contributed by atoms with Crippen LogP contribution in [0.15, 0.2) is 59.7 Å². The lowest BCUT2D eigenvalue weighted by atomic mass is 9.98. The number of para-hydroxylation sites is 1. The van der Waals surface area contributed by atoms with Crippen LogP contribution in [0.5, 0.6) is 0 Å². The van der Waals surface area contributed by atoms with Crippen LogP contribution < -0.4 is 0 Å². The highest BCUT2D eigenvalue weighted by Gasteiger charge is 2.49. The van der Waals surface area contributed by atoms with Crippen molar-refractivity contribution in [1.29, 1.82) is 0 Å². The van der Waals surface area contributed by atoms with Crippen molar-refractivity contribution in [2.24, 2.45) is 4.99 Å². The van der Waals surface area contributed by atoms with E-state index >= 15 is 0 Å². The van der Waals surface area contributed by atoms with Gasteiger partial charge in [-0.25, -0.2) is 0 Å². The van der Waals surface area contributed by atoms with Gasteiger partial charge in [0.2, 0.25) is 5.82 Å². The van der Waals surface area contributed by atoms with E-state index in [1.54, 1.807) is 0 Å². The number of nitrogens with one attached hydrogen (secondary N) is 1. The normalized spacial score (nSPS) is 17.1. The van der Waals surface area contributed by atoms with E-state index < -0.39 is 5.54 Å². The fourth-order valence-corrected chi connectivity index (χ4v) is 5.60. The van der Waals surface area contributed by atoms with Gasteiger partial charge < -0.3 is 4.57 Å². The van der Waals surface area contributed by atoms with Crippen LogP contribution in [0, 0.1) is 0 Å². The van der Waals surface area contributed by atoms with E-state index in [0.717, 1.165) is 78.5 Å². The summed E-state index contributed by atoms with van der Waals surface area (Å²) in [6, 6.07) is 16.5. The molecule has 1 spiro atoms. The average Bonchev–Trinajstić information content (AvgIpc) is 3.68. The molecule has 4 aromatic rings. The number of benzene rings is 2. The average molecular weight is 468 g/mol. The van der Waals surface area contributed by atoms with E-state index in [4.69, 9.17) is 4.99 Å². The second-order valence-corrected chi connectivity index (χ2v) is 9.55. The van der Waals surface area contributed by atoms with Crippen molar-refractivity contribution in [3.05, 3.63) is 60.3 Å². The van der Waals surface area contributed by atoms with Gasteiger partial charge in [-0.3, -0.25) is 14.7 Å². The van der Waals surface area contributed by atoms with Gasteiger partial charge in [-0.1, -0.05) is 50.5 Å². The quantitative estimate of drug-likeness (QED) is 0.411. The van der Waals surface area contributed by atoms with E-state index in [-0.39, 0.29) is 5.91 Å². The molecule has 2 aromatic heterocycles. The number of aromatic amines is 1. The Hall–Kier alpha value is -3.81. The van der Waals surface area contributed by atoms with E-state index in [1.165, 1.54) is 0 Å². The first-order valence-electron chi connectivity index (χ1n) is 12.5. The smallest absolute Gasteiger partial charge is 0.256 e. The molecular formula is C27H29N7O. The number of aromatic nitrogens is 5. The largest absolute Gasteiger partial charge is 0.316 e. The monoisotopic (exact) mass is 467 g/mol. The van der Waals surface area contributed by atoms with Gasteiger partial charge in [0.1, 0.15) is 11.4 Å². The lowest BCUT2D eigenvalue weighted by Crippen LogP contribution is -2.40. The number of nitrogens with zero attached hydrogens (tertiary/aromatic N) is 6. The molecule has 1 fully saturated rings. The van der Waals surface area contributed by atoms with Gasteiger partial charge in [0.05, 0.1) is 17.7 Å². The van der Waals surface area contributed by atoms with Crippen molar-refractivity contribution in [2.45, 2.75) is 64.0 Å². The first-order chi connectivity index (χ1) is 17.2. The number of hydrogen-bond donors (Lipinski definition) is 1. The number of carbonyl (C=O) groups excluding carboxylic acids is 1. The Morgan fingerprint density at radius 2 is 1.91 bits per heavy atom. The third-order valence-corrected chi connectivity index (χ3v) is 7.38. The second kappa shape index (κ2) is 8.76. The van der Waals surface area contributed by atoms with Gasteiger partial charge in [0, 0.05) is 23.6 Å². The summed E-state index contributed by atoms with van der Waals surface area (Å²) >= 11 is 0. The van der Waals surface area contributed by atoms with Gasteiger partial charge in [0.15, 0.2) is 0 Å². The van der Waals surface area contributed by atoms with Crippen LogP contribution >= 0.6 is 0 Å². The molecule has 0 bridgehead atoms. The summed E-state index contributed by atoms with van der Waals surface area (Å²) in [7, 11) is 0. The summed E-state index contributed by atoms with van der Waals surface area (Å²) in [5.41, 5.74) is 3.58. The zero-order valence-electron chi connectivity index (χ0n) is 19.9. The summed E-state index contributed by atoms with van der Waals surface area (Å²) in [6.07, 6.45) is 9.00. The molecule has 0 saturated heterocycles. The topological polar surface area (TPSA) is 92.1 Å². The van der Waals surface area contributed by atoms with Gasteiger partial charge >= 0.3 is 0 Å². The molecule has 3 heterocycles. The van der Waals surface area contributed by atoms with Gasteiger partial charge in [-0.2, -0.15) is 5.21 Å². The van der Waals surface area contributed by atoms with E-state index in [2.05, 4.69) is 68.6 Å². The highest BCUT2D eigenvalue weighted by Crippen LogP contribution is 2.40. The van der Waals surface area contributed by atoms with Crippen LogP contribution in [0.1, 0.15) is 57.4 Å². The summed E-state index contributed by atoms with van der Waals surface area (Å²) in [6.45, 7) is 2.74. The third kappa shape index (κ3) is 3.64. The standard InChI is InChI=1S/C27H29N7O/c1-2-3-13-24-28-27(15-6-7-16-27)26(35)34(24)18-19-9-8-12-22-20(19)14-17-33(22)23-11-5-4-10-21(23)25-29-31-32-30-25/h4-5,8-12,14,17H,2-3,6-7,13,15-16,18H2,1H3,(H,29,30,31,32). The van der Waals surface area contributed by atoms with E-state index in [9.17, 15) is 4.79 Å². The minimum Gasteiger partial charge on any atom is -0.316 e. The number of unbranched alkanes of at least 4 members (excludes halogenated alkanes) is 1. The zero-order valence-corrected chi connectivity index (χ0v) is 19.9. The summed E-state index contributed by atoms with van der Waals surface area (Å²) in [5.74, 6) is 1.72. The van der Waals surface area contributed by atoms with Gasteiger partial charge in [0.25, 0.3) is 5.91 Å². The van der Waals surface area contributed by atoms with Crippen molar-refractivity contribution in [1.82, 2.24) is 30.1 Å².